The summed E-state index contributed by atoms with van der Waals surface area (Å²) in [7, 11) is 0. The van der Waals surface area contributed by atoms with Crippen molar-refractivity contribution >= 4 is 5.97 Å². The number of aromatic hydroxyl groups is 1. The van der Waals surface area contributed by atoms with E-state index in [9.17, 15) is 9.90 Å². The highest BCUT2D eigenvalue weighted by atomic mass is 16.6. The van der Waals surface area contributed by atoms with E-state index in [-0.39, 0.29) is 18.4 Å². The monoisotopic (exact) mass is 251 g/mol. The van der Waals surface area contributed by atoms with Crippen LogP contribution in [0.4, 0.5) is 0 Å². The Morgan fingerprint density at radius 1 is 1.50 bits per heavy atom. The molecule has 1 unspecified atom stereocenters. The Hall–Kier alpha value is -1.75. The Morgan fingerprint density at radius 2 is 2.28 bits per heavy atom. The maximum absolute atomic E-state index is 11.2. The molecule has 0 amide bonds. The normalized spacial score (nSPS) is 17.3. The Balaban J connectivity index is 2.13. The third kappa shape index (κ3) is 2.56. The molecule has 0 aromatic heterocycles. The van der Waals surface area contributed by atoms with E-state index in [4.69, 9.17) is 15.2 Å². The molecule has 0 fully saturated rings. The van der Waals surface area contributed by atoms with Gasteiger partial charge in [0.15, 0.2) is 18.1 Å². The fourth-order valence-electron chi connectivity index (χ4n) is 2.18. The lowest BCUT2D eigenvalue weighted by Crippen LogP contribution is -2.19. The van der Waals surface area contributed by atoms with Crippen molar-refractivity contribution in [2.24, 2.45) is 5.73 Å². The van der Waals surface area contributed by atoms with Crippen LogP contribution in [0.15, 0.2) is 12.1 Å². The number of hydrogen-bond acceptors (Lipinski definition) is 5. The number of rotatable bonds is 4. The summed E-state index contributed by atoms with van der Waals surface area (Å²) in [6, 6.07) is 3.46. The molecule has 1 aliphatic carbocycles. The molecule has 0 saturated heterocycles. The number of phenols is 1. The molecule has 3 N–H and O–H groups in total. The van der Waals surface area contributed by atoms with E-state index in [0.717, 1.165) is 17.5 Å². The minimum atomic E-state index is -0.447. The average Bonchev–Trinajstić information content (AvgIpc) is 2.69. The highest BCUT2D eigenvalue weighted by Gasteiger charge is 2.24. The first-order valence-corrected chi connectivity index (χ1v) is 5.99. The van der Waals surface area contributed by atoms with Crippen LogP contribution < -0.4 is 10.5 Å². The standard InChI is InChI=1S/C13H17NO4/c1-2-17-12(16)7-18-13-10-6-9(14)5-8(10)3-4-11(13)15/h3-4,9,15H,2,5-7,14H2,1H3. The van der Waals surface area contributed by atoms with Gasteiger partial charge in [-0.15, -0.1) is 0 Å². The molecule has 1 aromatic rings. The Bertz CT molecular complexity index is 459. The minimum Gasteiger partial charge on any atom is -0.504 e. The molecule has 2 rings (SSSR count). The molecule has 0 saturated carbocycles. The molecule has 0 radical (unpaired) electrons. The van der Waals surface area contributed by atoms with Crippen molar-refractivity contribution in [1.82, 2.24) is 0 Å². The van der Waals surface area contributed by atoms with Crippen molar-refractivity contribution in [2.75, 3.05) is 13.2 Å². The molecule has 98 valence electrons. The Kier molecular flexibility index (Phi) is 3.72. The van der Waals surface area contributed by atoms with Crippen LogP contribution in [0.1, 0.15) is 18.1 Å². The topological polar surface area (TPSA) is 81.8 Å². The second-order valence-corrected chi connectivity index (χ2v) is 4.31. The SMILES string of the molecule is CCOC(=O)COc1c(O)ccc2c1CC(N)C2. The summed E-state index contributed by atoms with van der Waals surface area (Å²) < 4.78 is 10.1. The largest absolute Gasteiger partial charge is 0.504 e. The quantitative estimate of drug-likeness (QED) is 0.772. The Morgan fingerprint density at radius 3 is 3.00 bits per heavy atom. The molecule has 5 nitrogen and oxygen atoms in total. The van der Waals surface area contributed by atoms with Crippen molar-refractivity contribution < 1.29 is 19.4 Å². The average molecular weight is 251 g/mol. The summed E-state index contributed by atoms with van der Waals surface area (Å²) in [6.07, 6.45) is 1.42. The number of carbonyl (C=O) groups is 1. The van der Waals surface area contributed by atoms with Crippen molar-refractivity contribution in [3.63, 3.8) is 0 Å². The number of ether oxygens (including phenoxy) is 2. The fraction of sp³-hybridized carbons (Fsp3) is 0.462. The highest BCUT2D eigenvalue weighted by Crippen LogP contribution is 2.37. The lowest BCUT2D eigenvalue weighted by atomic mass is 10.1. The number of phenolic OH excluding ortho intramolecular Hbond substituents is 1. The van der Waals surface area contributed by atoms with E-state index >= 15 is 0 Å². The van der Waals surface area contributed by atoms with Crippen LogP contribution in [0.25, 0.3) is 0 Å². The van der Waals surface area contributed by atoms with Crippen molar-refractivity contribution in [1.29, 1.82) is 0 Å². The van der Waals surface area contributed by atoms with E-state index < -0.39 is 5.97 Å². The van der Waals surface area contributed by atoms with Crippen LogP contribution in [0.3, 0.4) is 0 Å². The highest BCUT2D eigenvalue weighted by molar-refractivity contribution is 5.71. The molecule has 0 heterocycles. The smallest absolute Gasteiger partial charge is 0.344 e. The summed E-state index contributed by atoms with van der Waals surface area (Å²) >= 11 is 0. The van der Waals surface area contributed by atoms with E-state index in [1.807, 2.05) is 6.07 Å². The predicted octanol–water partition coefficient (Wildman–Crippen LogP) is 0.760. The first-order chi connectivity index (χ1) is 8.61. The first kappa shape index (κ1) is 12.7. The number of esters is 1. The molecule has 5 heteroatoms. The van der Waals surface area contributed by atoms with Crippen LogP contribution in [-0.4, -0.2) is 30.3 Å². The van der Waals surface area contributed by atoms with Gasteiger partial charge in [-0.05, 0) is 31.4 Å². The minimum absolute atomic E-state index is 0.0344. The number of benzene rings is 1. The van der Waals surface area contributed by atoms with Gasteiger partial charge in [-0.1, -0.05) is 6.07 Å². The summed E-state index contributed by atoms with van der Waals surface area (Å²) in [5, 5.41) is 9.79. The number of hydrogen-bond donors (Lipinski definition) is 2. The Labute approximate surface area is 106 Å². The van der Waals surface area contributed by atoms with Gasteiger partial charge < -0.3 is 20.3 Å². The van der Waals surface area contributed by atoms with Crippen molar-refractivity contribution in [2.45, 2.75) is 25.8 Å². The maximum atomic E-state index is 11.2. The third-order valence-corrected chi connectivity index (χ3v) is 2.92. The van der Waals surface area contributed by atoms with Gasteiger partial charge >= 0.3 is 5.97 Å². The molecule has 1 aliphatic rings. The summed E-state index contributed by atoms with van der Waals surface area (Å²) in [6.45, 7) is 1.84. The predicted molar refractivity (Wildman–Crippen MR) is 65.6 cm³/mol. The summed E-state index contributed by atoms with van der Waals surface area (Å²) in [5.41, 5.74) is 7.84. The fourth-order valence-corrected chi connectivity index (χ4v) is 2.18. The molecule has 0 bridgehead atoms. The molecule has 1 aromatic carbocycles. The van der Waals surface area contributed by atoms with Gasteiger partial charge in [-0.3, -0.25) is 0 Å². The van der Waals surface area contributed by atoms with Gasteiger partial charge in [-0.2, -0.15) is 0 Å². The van der Waals surface area contributed by atoms with Crippen LogP contribution in [-0.2, 0) is 22.4 Å². The second-order valence-electron chi connectivity index (χ2n) is 4.31. The summed E-state index contributed by atoms with van der Waals surface area (Å²) in [4.78, 5) is 11.2. The van der Waals surface area contributed by atoms with Gasteiger partial charge in [0.25, 0.3) is 0 Å². The third-order valence-electron chi connectivity index (χ3n) is 2.92. The molecular formula is C13H17NO4. The van der Waals surface area contributed by atoms with Gasteiger partial charge in [0.1, 0.15) is 0 Å². The van der Waals surface area contributed by atoms with Gasteiger partial charge in [-0.25, -0.2) is 4.79 Å². The van der Waals surface area contributed by atoms with Crippen molar-refractivity contribution in [3.05, 3.63) is 23.3 Å². The number of nitrogens with two attached hydrogens (primary N) is 1. The molecule has 1 atom stereocenters. The first-order valence-electron chi connectivity index (χ1n) is 5.99. The zero-order chi connectivity index (χ0) is 13.1. The molecular weight excluding hydrogens is 234 g/mol. The van der Waals surface area contributed by atoms with Crippen LogP contribution in [0.5, 0.6) is 11.5 Å². The van der Waals surface area contributed by atoms with Crippen molar-refractivity contribution in [3.8, 4) is 11.5 Å². The van der Waals surface area contributed by atoms with Gasteiger partial charge in [0, 0.05) is 11.6 Å². The molecule has 18 heavy (non-hydrogen) atoms. The number of fused-ring (bicyclic) bond motifs is 1. The maximum Gasteiger partial charge on any atom is 0.344 e. The van der Waals surface area contributed by atoms with Crippen LogP contribution in [0, 0.1) is 0 Å². The van der Waals surface area contributed by atoms with Gasteiger partial charge in [0.2, 0.25) is 0 Å². The van der Waals surface area contributed by atoms with E-state index in [2.05, 4.69) is 0 Å². The second kappa shape index (κ2) is 5.27. The lowest BCUT2D eigenvalue weighted by Gasteiger charge is -2.12. The van der Waals surface area contributed by atoms with E-state index in [1.165, 1.54) is 0 Å². The number of carbonyl (C=O) groups excluding carboxylic acids is 1. The summed E-state index contributed by atoms with van der Waals surface area (Å²) in [5.74, 6) is -0.0579. The lowest BCUT2D eigenvalue weighted by molar-refractivity contribution is -0.145. The van der Waals surface area contributed by atoms with Crippen LogP contribution >= 0.6 is 0 Å². The van der Waals surface area contributed by atoms with E-state index in [0.29, 0.717) is 18.8 Å². The zero-order valence-electron chi connectivity index (χ0n) is 10.3. The van der Waals surface area contributed by atoms with Crippen LogP contribution in [0.2, 0.25) is 0 Å². The molecule has 0 spiro atoms. The zero-order valence-corrected chi connectivity index (χ0v) is 10.3. The van der Waals surface area contributed by atoms with E-state index in [1.54, 1.807) is 13.0 Å². The van der Waals surface area contributed by atoms with Gasteiger partial charge in [0.05, 0.1) is 6.61 Å². The molecule has 0 aliphatic heterocycles.